The van der Waals surface area contributed by atoms with Crippen LogP contribution in [-0.4, -0.2) is 46.3 Å². The van der Waals surface area contributed by atoms with E-state index >= 15 is 0 Å². The average molecular weight is 408 g/mol. The zero-order valence-electron chi connectivity index (χ0n) is 15.1. The topological polar surface area (TPSA) is 97.2 Å². The van der Waals surface area contributed by atoms with Gasteiger partial charge in [-0.25, -0.2) is 18.4 Å². The maximum atomic E-state index is 12.6. The predicted octanol–water partition coefficient (Wildman–Crippen LogP) is 2.55. The maximum Gasteiger partial charge on any atom is 0.243 e. The van der Waals surface area contributed by atoms with E-state index in [1.54, 1.807) is 36.1 Å². The zero-order valence-corrected chi connectivity index (χ0v) is 16.8. The van der Waals surface area contributed by atoms with Crippen molar-refractivity contribution >= 4 is 43.4 Å². The van der Waals surface area contributed by atoms with Crippen LogP contribution in [0.3, 0.4) is 0 Å². The highest BCUT2D eigenvalue weighted by atomic mass is 32.2. The Kier molecular flexibility index (Phi) is 5.88. The number of benzene rings is 1. The zero-order chi connectivity index (χ0) is 19.4. The fraction of sp³-hybridized carbons (Fsp3) is 0.353. The van der Waals surface area contributed by atoms with E-state index < -0.39 is 10.0 Å². The largest absolute Gasteiger partial charge is 0.330 e. The number of hydrogen-bond donors (Lipinski definition) is 1. The van der Waals surface area contributed by atoms with Gasteiger partial charge in [0, 0.05) is 37.6 Å². The molecule has 0 saturated heterocycles. The molecule has 144 valence electrons. The van der Waals surface area contributed by atoms with Gasteiger partial charge in [-0.2, -0.15) is 4.31 Å². The van der Waals surface area contributed by atoms with Crippen molar-refractivity contribution < 1.29 is 13.2 Å². The van der Waals surface area contributed by atoms with E-state index in [2.05, 4.69) is 15.3 Å². The molecule has 0 aliphatic rings. The Hall–Kier alpha value is -2.30. The molecule has 2 heterocycles. The number of sulfonamides is 1. The van der Waals surface area contributed by atoms with Crippen LogP contribution in [0.5, 0.6) is 0 Å². The van der Waals surface area contributed by atoms with Crippen molar-refractivity contribution in [2.24, 2.45) is 0 Å². The summed E-state index contributed by atoms with van der Waals surface area (Å²) in [6.45, 7) is 4.89. The normalized spacial score (nSPS) is 12.0. The number of anilines is 1. The number of thiazole rings is 1. The standard InChI is InChI=1S/C17H21N5O3S2/c1-3-22(4-2)27(24,25)13-5-6-15-14(11-13)19-12-21(15)9-7-16(23)20-17-18-8-10-26-17/h5-6,8,10-12H,3-4,7,9H2,1-2H3,(H,18,20,23). The Morgan fingerprint density at radius 2 is 2.04 bits per heavy atom. The molecule has 0 aliphatic heterocycles. The number of nitrogens with zero attached hydrogens (tertiary/aromatic N) is 4. The molecule has 0 saturated carbocycles. The van der Waals surface area contributed by atoms with Gasteiger partial charge in [-0.15, -0.1) is 11.3 Å². The van der Waals surface area contributed by atoms with Crippen LogP contribution in [0, 0.1) is 0 Å². The number of amides is 1. The van der Waals surface area contributed by atoms with Crippen LogP contribution in [0.4, 0.5) is 5.13 Å². The van der Waals surface area contributed by atoms with Crippen molar-refractivity contribution in [3.05, 3.63) is 36.1 Å². The minimum absolute atomic E-state index is 0.132. The summed E-state index contributed by atoms with van der Waals surface area (Å²) in [5.74, 6) is -0.132. The minimum Gasteiger partial charge on any atom is -0.330 e. The highest BCUT2D eigenvalue weighted by molar-refractivity contribution is 7.89. The summed E-state index contributed by atoms with van der Waals surface area (Å²) in [6, 6.07) is 4.90. The molecule has 3 rings (SSSR count). The number of hydrogen-bond acceptors (Lipinski definition) is 6. The first-order chi connectivity index (χ1) is 13.0. The third kappa shape index (κ3) is 4.18. The van der Waals surface area contributed by atoms with Gasteiger partial charge in [-0.3, -0.25) is 4.79 Å². The van der Waals surface area contributed by atoms with Crippen molar-refractivity contribution in [2.45, 2.75) is 31.7 Å². The molecule has 0 aliphatic carbocycles. The highest BCUT2D eigenvalue weighted by Gasteiger charge is 2.22. The predicted molar refractivity (Wildman–Crippen MR) is 105 cm³/mol. The monoisotopic (exact) mass is 407 g/mol. The summed E-state index contributed by atoms with van der Waals surface area (Å²) in [4.78, 5) is 20.5. The molecule has 3 aromatic rings. The van der Waals surface area contributed by atoms with Crippen LogP contribution >= 0.6 is 11.3 Å². The van der Waals surface area contributed by atoms with Crippen molar-refractivity contribution in [2.75, 3.05) is 18.4 Å². The summed E-state index contributed by atoms with van der Waals surface area (Å²) in [5.41, 5.74) is 1.37. The van der Waals surface area contributed by atoms with Gasteiger partial charge < -0.3 is 9.88 Å². The van der Waals surface area contributed by atoms with Crippen LogP contribution in [-0.2, 0) is 21.4 Å². The van der Waals surface area contributed by atoms with E-state index in [1.165, 1.54) is 15.6 Å². The van der Waals surface area contributed by atoms with Crippen molar-refractivity contribution in [1.82, 2.24) is 18.8 Å². The number of carbonyl (C=O) groups is 1. The number of fused-ring (bicyclic) bond motifs is 1. The van der Waals surface area contributed by atoms with Crippen LogP contribution in [0.15, 0.2) is 41.0 Å². The van der Waals surface area contributed by atoms with Gasteiger partial charge in [0.1, 0.15) is 0 Å². The molecule has 2 aromatic heterocycles. The number of aromatic nitrogens is 3. The Labute approximate surface area is 161 Å². The van der Waals surface area contributed by atoms with Gasteiger partial charge in [-0.1, -0.05) is 13.8 Å². The van der Waals surface area contributed by atoms with Gasteiger partial charge in [0.05, 0.1) is 22.3 Å². The Balaban J connectivity index is 1.75. The minimum atomic E-state index is -3.52. The molecule has 0 atom stereocenters. The molecule has 0 spiro atoms. The molecule has 8 nitrogen and oxygen atoms in total. The number of imidazole rings is 1. The highest BCUT2D eigenvalue weighted by Crippen LogP contribution is 2.21. The second-order valence-corrected chi connectivity index (χ2v) is 8.65. The van der Waals surface area contributed by atoms with Crippen molar-refractivity contribution in [1.29, 1.82) is 0 Å². The lowest BCUT2D eigenvalue weighted by Gasteiger charge is -2.18. The molecule has 0 bridgehead atoms. The maximum absolute atomic E-state index is 12.6. The lowest BCUT2D eigenvalue weighted by Crippen LogP contribution is -2.30. The number of nitrogens with one attached hydrogen (secondary N) is 1. The number of carbonyl (C=O) groups excluding carboxylic acids is 1. The van der Waals surface area contributed by atoms with Crippen molar-refractivity contribution in [3.63, 3.8) is 0 Å². The van der Waals surface area contributed by atoms with Gasteiger partial charge in [0.25, 0.3) is 0 Å². The molecular weight excluding hydrogens is 386 g/mol. The van der Waals surface area contributed by atoms with E-state index in [0.717, 1.165) is 5.52 Å². The second-order valence-electron chi connectivity index (χ2n) is 5.81. The third-order valence-corrected chi connectivity index (χ3v) is 6.93. The van der Waals surface area contributed by atoms with Crippen LogP contribution < -0.4 is 5.32 Å². The van der Waals surface area contributed by atoms with Crippen LogP contribution in [0.2, 0.25) is 0 Å². The summed E-state index contributed by atoms with van der Waals surface area (Å²) in [6.07, 6.45) is 3.52. The molecular formula is C17H21N5O3S2. The quantitative estimate of drug-likeness (QED) is 0.619. The molecule has 0 fully saturated rings. The van der Waals surface area contributed by atoms with E-state index in [0.29, 0.717) is 30.3 Å². The summed E-state index contributed by atoms with van der Waals surface area (Å²) < 4.78 is 28.5. The molecule has 1 aromatic carbocycles. The van der Waals surface area contributed by atoms with E-state index in [9.17, 15) is 13.2 Å². The van der Waals surface area contributed by atoms with E-state index in [-0.39, 0.29) is 17.2 Å². The molecule has 0 unspecified atom stereocenters. The summed E-state index contributed by atoms with van der Waals surface area (Å²) in [7, 11) is -3.52. The van der Waals surface area contributed by atoms with E-state index in [1.807, 2.05) is 18.4 Å². The lowest BCUT2D eigenvalue weighted by atomic mass is 10.3. The summed E-state index contributed by atoms with van der Waals surface area (Å²) in [5, 5.41) is 5.10. The first kappa shape index (κ1) is 19.5. The first-order valence-electron chi connectivity index (χ1n) is 8.60. The van der Waals surface area contributed by atoms with Gasteiger partial charge in [0.2, 0.25) is 15.9 Å². The number of rotatable bonds is 8. The molecule has 0 radical (unpaired) electrons. The Bertz CT molecular complexity index is 1020. The second kappa shape index (κ2) is 8.15. The fourth-order valence-electron chi connectivity index (χ4n) is 2.78. The van der Waals surface area contributed by atoms with E-state index in [4.69, 9.17) is 0 Å². The average Bonchev–Trinajstić information content (AvgIpc) is 3.29. The van der Waals surface area contributed by atoms with Gasteiger partial charge >= 0.3 is 0 Å². The molecule has 10 heteroatoms. The molecule has 1 N–H and O–H groups in total. The van der Waals surface area contributed by atoms with Gasteiger partial charge in [0.15, 0.2) is 5.13 Å². The SMILES string of the molecule is CCN(CC)S(=O)(=O)c1ccc2c(c1)ncn2CCC(=O)Nc1nccs1. The van der Waals surface area contributed by atoms with Crippen LogP contribution in [0.1, 0.15) is 20.3 Å². The smallest absolute Gasteiger partial charge is 0.243 e. The van der Waals surface area contributed by atoms with Crippen molar-refractivity contribution in [3.8, 4) is 0 Å². The molecule has 27 heavy (non-hydrogen) atoms. The molecule has 1 amide bonds. The Morgan fingerprint density at radius 3 is 2.70 bits per heavy atom. The Morgan fingerprint density at radius 1 is 1.26 bits per heavy atom. The fourth-order valence-corrected chi connectivity index (χ4v) is 4.81. The third-order valence-electron chi connectivity index (χ3n) is 4.19. The van der Waals surface area contributed by atoms with Gasteiger partial charge in [-0.05, 0) is 18.2 Å². The van der Waals surface area contributed by atoms with Crippen LogP contribution in [0.25, 0.3) is 11.0 Å². The first-order valence-corrected chi connectivity index (χ1v) is 10.9. The lowest BCUT2D eigenvalue weighted by molar-refractivity contribution is -0.116. The number of aryl methyl sites for hydroxylation is 1. The summed E-state index contributed by atoms with van der Waals surface area (Å²) >= 11 is 1.36.